The summed E-state index contributed by atoms with van der Waals surface area (Å²) in [6, 6.07) is 2.92. The van der Waals surface area contributed by atoms with Crippen LogP contribution in [-0.4, -0.2) is 26.4 Å². The zero-order valence-electron chi connectivity index (χ0n) is 13.6. The highest BCUT2D eigenvalue weighted by atomic mass is 19.1. The van der Waals surface area contributed by atoms with Crippen molar-refractivity contribution in [3.63, 3.8) is 0 Å². The molecule has 0 heterocycles. The maximum absolute atomic E-state index is 13.8. The average molecular weight is 298 g/mol. The van der Waals surface area contributed by atoms with Crippen LogP contribution in [0.15, 0.2) is 12.1 Å². The lowest BCUT2D eigenvalue weighted by molar-refractivity contribution is 0.157. The van der Waals surface area contributed by atoms with Gasteiger partial charge in [-0.3, -0.25) is 0 Å². The van der Waals surface area contributed by atoms with Crippen LogP contribution in [-0.2, 0) is 4.74 Å². The minimum absolute atomic E-state index is 0.0515. The van der Waals surface area contributed by atoms with Crippen molar-refractivity contribution in [1.82, 2.24) is 0 Å². The molecule has 4 nitrogen and oxygen atoms in total. The van der Waals surface area contributed by atoms with Gasteiger partial charge in [-0.2, -0.15) is 0 Å². The fourth-order valence-electron chi connectivity index (χ4n) is 1.87. The van der Waals surface area contributed by atoms with Crippen molar-refractivity contribution in [2.24, 2.45) is 5.41 Å². The van der Waals surface area contributed by atoms with E-state index in [1.54, 1.807) is 13.2 Å². The smallest absolute Gasteiger partial charge is 0.167 e. The second kappa shape index (κ2) is 7.50. The zero-order chi connectivity index (χ0) is 16.0. The van der Waals surface area contributed by atoms with E-state index in [0.29, 0.717) is 24.5 Å². The third-order valence-corrected chi connectivity index (χ3v) is 3.21. The predicted octanol–water partition coefficient (Wildman–Crippen LogP) is 3.67. The molecule has 0 bridgehead atoms. The minimum atomic E-state index is -0.439. The van der Waals surface area contributed by atoms with Gasteiger partial charge in [0.05, 0.1) is 17.5 Å². The number of methoxy groups -OCH3 is 1. The summed E-state index contributed by atoms with van der Waals surface area (Å²) in [6.07, 6.45) is 0.835. The molecular weight excluding hydrogens is 271 g/mol. The largest absolute Gasteiger partial charge is 0.488 e. The molecule has 21 heavy (non-hydrogen) atoms. The number of hydrogen-bond donors (Lipinski definition) is 2. The Morgan fingerprint density at radius 2 is 2.00 bits per heavy atom. The standard InChI is InChI=1S/C16H27FN2O2/c1-11(2)21-15-9-14(13(18)8-12(15)17)19-10-16(3,4)6-7-20-5/h8-9,11,19H,6-7,10,18H2,1-5H3. The molecule has 0 fully saturated rings. The molecule has 0 aromatic heterocycles. The quantitative estimate of drug-likeness (QED) is 0.719. The van der Waals surface area contributed by atoms with Crippen LogP contribution < -0.4 is 15.8 Å². The first-order valence-corrected chi connectivity index (χ1v) is 7.23. The third kappa shape index (κ3) is 5.79. The highest BCUT2D eigenvalue weighted by molar-refractivity contribution is 5.68. The number of ether oxygens (including phenoxy) is 2. The molecule has 1 aromatic carbocycles. The first kappa shape index (κ1) is 17.6. The van der Waals surface area contributed by atoms with Gasteiger partial charge in [0.2, 0.25) is 0 Å². The molecule has 0 radical (unpaired) electrons. The van der Waals surface area contributed by atoms with Crippen LogP contribution in [0.25, 0.3) is 0 Å². The Bertz CT molecular complexity index is 462. The van der Waals surface area contributed by atoms with Gasteiger partial charge < -0.3 is 20.5 Å². The van der Waals surface area contributed by atoms with Crippen molar-refractivity contribution >= 4 is 11.4 Å². The first-order valence-electron chi connectivity index (χ1n) is 7.23. The predicted molar refractivity (Wildman–Crippen MR) is 85.3 cm³/mol. The van der Waals surface area contributed by atoms with Crippen molar-refractivity contribution in [3.05, 3.63) is 17.9 Å². The average Bonchev–Trinajstić information content (AvgIpc) is 2.38. The number of nitrogens with one attached hydrogen (secondary N) is 1. The van der Waals surface area contributed by atoms with Gasteiger partial charge in [-0.15, -0.1) is 0 Å². The van der Waals surface area contributed by atoms with Gasteiger partial charge in [0.15, 0.2) is 11.6 Å². The van der Waals surface area contributed by atoms with E-state index in [1.807, 2.05) is 13.8 Å². The Morgan fingerprint density at radius 1 is 1.33 bits per heavy atom. The highest BCUT2D eigenvalue weighted by Gasteiger charge is 2.18. The third-order valence-electron chi connectivity index (χ3n) is 3.21. The first-order chi connectivity index (χ1) is 9.75. The Morgan fingerprint density at radius 3 is 2.57 bits per heavy atom. The lowest BCUT2D eigenvalue weighted by Gasteiger charge is -2.26. The lowest BCUT2D eigenvalue weighted by atomic mass is 9.89. The van der Waals surface area contributed by atoms with Gasteiger partial charge in [0.1, 0.15) is 0 Å². The fourth-order valence-corrected chi connectivity index (χ4v) is 1.87. The highest BCUT2D eigenvalue weighted by Crippen LogP contribution is 2.30. The molecule has 1 aromatic rings. The number of nitrogen functional groups attached to an aromatic ring is 1. The van der Waals surface area contributed by atoms with Crippen molar-refractivity contribution in [1.29, 1.82) is 0 Å². The second-order valence-electron chi connectivity index (χ2n) is 6.30. The van der Waals surface area contributed by atoms with E-state index >= 15 is 0 Å². The van der Waals surface area contributed by atoms with Gasteiger partial charge in [-0.1, -0.05) is 13.8 Å². The summed E-state index contributed by atoms with van der Waals surface area (Å²) in [5.74, 6) is -0.221. The monoisotopic (exact) mass is 298 g/mol. The maximum atomic E-state index is 13.8. The molecule has 5 heteroatoms. The molecule has 120 valence electrons. The molecule has 0 aliphatic heterocycles. The molecule has 0 unspecified atom stereocenters. The van der Waals surface area contributed by atoms with E-state index in [1.165, 1.54) is 6.07 Å². The van der Waals surface area contributed by atoms with Crippen LogP contribution in [0.3, 0.4) is 0 Å². The SMILES string of the molecule is COCCC(C)(C)CNc1cc(OC(C)C)c(F)cc1N. The van der Waals surface area contributed by atoms with E-state index in [4.69, 9.17) is 15.2 Å². The molecule has 0 atom stereocenters. The molecule has 0 spiro atoms. The van der Waals surface area contributed by atoms with Crippen LogP contribution in [0.1, 0.15) is 34.1 Å². The molecule has 1 rings (SSSR count). The Balaban J connectivity index is 2.78. The van der Waals surface area contributed by atoms with Crippen molar-refractivity contribution in [2.45, 2.75) is 40.2 Å². The number of rotatable bonds is 8. The Kier molecular flexibility index (Phi) is 6.27. The summed E-state index contributed by atoms with van der Waals surface area (Å²) in [5.41, 5.74) is 6.99. The van der Waals surface area contributed by atoms with Gasteiger partial charge in [0, 0.05) is 32.4 Å². The molecular formula is C16H27FN2O2. The van der Waals surface area contributed by atoms with Crippen LogP contribution in [0, 0.1) is 11.2 Å². The van der Waals surface area contributed by atoms with Crippen LogP contribution in [0.4, 0.5) is 15.8 Å². The fraction of sp³-hybridized carbons (Fsp3) is 0.625. The molecule has 0 saturated carbocycles. The molecule has 3 N–H and O–H groups in total. The summed E-state index contributed by atoms with van der Waals surface area (Å²) in [6.45, 7) is 9.42. The van der Waals surface area contributed by atoms with E-state index in [0.717, 1.165) is 6.42 Å². The van der Waals surface area contributed by atoms with Gasteiger partial charge in [-0.25, -0.2) is 4.39 Å². The summed E-state index contributed by atoms with van der Waals surface area (Å²) in [5, 5.41) is 3.28. The Labute approximate surface area is 126 Å². The summed E-state index contributed by atoms with van der Waals surface area (Å²) in [4.78, 5) is 0. The van der Waals surface area contributed by atoms with E-state index in [-0.39, 0.29) is 17.3 Å². The lowest BCUT2D eigenvalue weighted by Crippen LogP contribution is -2.25. The zero-order valence-corrected chi connectivity index (χ0v) is 13.6. The van der Waals surface area contributed by atoms with Crippen molar-refractivity contribution in [3.8, 4) is 5.75 Å². The summed E-state index contributed by atoms with van der Waals surface area (Å²) >= 11 is 0. The normalized spacial score (nSPS) is 11.8. The number of halogens is 1. The number of nitrogens with two attached hydrogens (primary N) is 1. The second-order valence-corrected chi connectivity index (χ2v) is 6.30. The van der Waals surface area contributed by atoms with Gasteiger partial charge in [-0.05, 0) is 25.7 Å². The summed E-state index contributed by atoms with van der Waals surface area (Å²) < 4.78 is 24.3. The van der Waals surface area contributed by atoms with Crippen molar-refractivity contribution in [2.75, 3.05) is 31.3 Å². The molecule has 0 amide bonds. The maximum Gasteiger partial charge on any atom is 0.167 e. The number of benzene rings is 1. The molecule has 0 saturated heterocycles. The van der Waals surface area contributed by atoms with E-state index in [9.17, 15) is 4.39 Å². The number of hydrogen-bond acceptors (Lipinski definition) is 4. The van der Waals surface area contributed by atoms with Gasteiger partial charge in [0.25, 0.3) is 0 Å². The van der Waals surface area contributed by atoms with Gasteiger partial charge >= 0.3 is 0 Å². The number of anilines is 2. The topological polar surface area (TPSA) is 56.5 Å². The van der Waals surface area contributed by atoms with E-state index < -0.39 is 5.82 Å². The van der Waals surface area contributed by atoms with Crippen LogP contribution in [0.5, 0.6) is 5.75 Å². The summed E-state index contributed by atoms with van der Waals surface area (Å²) in [7, 11) is 1.69. The minimum Gasteiger partial charge on any atom is -0.488 e. The molecule has 0 aliphatic carbocycles. The van der Waals surface area contributed by atoms with E-state index in [2.05, 4.69) is 19.2 Å². The van der Waals surface area contributed by atoms with Crippen LogP contribution >= 0.6 is 0 Å². The van der Waals surface area contributed by atoms with Crippen LogP contribution in [0.2, 0.25) is 0 Å². The van der Waals surface area contributed by atoms with Crippen molar-refractivity contribution < 1.29 is 13.9 Å². The Hall–Kier alpha value is -1.49. The molecule has 0 aliphatic rings.